The normalized spacial score (nSPS) is 9.78. The molecular formula is C14H11BrN2O. The fraction of sp³-hybridized carbons (Fsp3) is 0.0714. The van der Waals surface area contributed by atoms with Gasteiger partial charge in [0.25, 0.3) is 0 Å². The summed E-state index contributed by atoms with van der Waals surface area (Å²) in [6.45, 7) is 0.339. The van der Waals surface area contributed by atoms with Crippen LogP contribution < -0.4 is 10.5 Å². The number of hydrogen-bond donors (Lipinski definition) is 1. The molecule has 0 atom stereocenters. The first-order valence-corrected chi connectivity index (χ1v) is 6.16. The Labute approximate surface area is 114 Å². The molecule has 0 amide bonds. The summed E-state index contributed by atoms with van der Waals surface area (Å²) in [6.07, 6.45) is 0. The zero-order valence-corrected chi connectivity index (χ0v) is 11.1. The molecule has 2 aromatic rings. The summed E-state index contributed by atoms with van der Waals surface area (Å²) in [7, 11) is 0. The summed E-state index contributed by atoms with van der Waals surface area (Å²) in [5.41, 5.74) is 7.82. The first-order chi connectivity index (χ1) is 8.70. The largest absolute Gasteiger partial charge is 0.488 e. The molecule has 0 spiro atoms. The molecule has 0 aromatic heterocycles. The number of hydrogen-bond acceptors (Lipinski definition) is 3. The summed E-state index contributed by atoms with van der Waals surface area (Å²) in [5, 5.41) is 8.98. The number of nitrogens with zero attached hydrogens (tertiary/aromatic N) is 1. The van der Waals surface area contributed by atoms with E-state index in [4.69, 9.17) is 15.7 Å². The monoisotopic (exact) mass is 302 g/mol. The van der Waals surface area contributed by atoms with Gasteiger partial charge in [0, 0.05) is 17.3 Å². The van der Waals surface area contributed by atoms with E-state index in [1.807, 2.05) is 24.3 Å². The lowest BCUT2D eigenvalue weighted by atomic mass is 10.1. The van der Waals surface area contributed by atoms with Crippen LogP contribution in [-0.4, -0.2) is 0 Å². The molecule has 4 heteroatoms. The lowest BCUT2D eigenvalue weighted by Gasteiger charge is -2.09. The molecule has 0 heterocycles. The van der Waals surface area contributed by atoms with E-state index < -0.39 is 0 Å². The van der Waals surface area contributed by atoms with Crippen LogP contribution in [0.2, 0.25) is 0 Å². The van der Waals surface area contributed by atoms with E-state index in [-0.39, 0.29) is 0 Å². The minimum Gasteiger partial charge on any atom is -0.488 e. The van der Waals surface area contributed by atoms with Gasteiger partial charge in [-0.1, -0.05) is 18.2 Å². The molecule has 0 aliphatic heterocycles. The summed E-state index contributed by atoms with van der Waals surface area (Å²) in [4.78, 5) is 0. The van der Waals surface area contributed by atoms with Crippen LogP contribution in [0.1, 0.15) is 11.1 Å². The number of benzene rings is 2. The third-order valence-electron chi connectivity index (χ3n) is 2.48. The molecule has 0 radical (unpaired) electrons. The average molecular weight is 303 g/mol. The van der Waals surface area contributed by atoms with Crippen LogP contribution in [0.25, 0.3) is 0 Å². The van der Waals surface area contributed by atoms with Crippen molar-refractivity contribution in [2.45, 2.75) is 6.61 Å². The van der Waals surface area contributed by atoms with Crippen molar-refractivity contribution in [1.29, 1.82) is 5.26 Å². The smallest absolute Gasteiger partial charge is 0.136 e. The first kappa shape index (κ1) is 12.5. The van der Waals surface area contributed by atoms with Gasteiger partial charge in [-0.15, -0.1) is 0 Å². The lowest BCUT2D eigenvalue weighted by Crippen LogP contribution is -1.99. The van der Waals surface area contributed by atoms with Crippen molar-refractivity contribution in [3.8, 4) is 11.8 Å². The van der Waals surface area contributed by atoms with E-state index in [1.54, 1.807) is 18.2 Å². The van der Waals surface area contributed by atoms with Gasteiger partial charge >= 0.3 is 0 Å². The Morgan fingerprint density at radius 1 is 1.22 bits per heavy atom. The predicted molar refractivity (Wildman–Crippen MR) is 74.0 cm³/mol. The van der Waals surface area contributed by atoms with Gasteiger partial charge < -0.3 is 10.5 Å². The highest BCUT2D eigenvalue weighted by Crippen LogP contribution is 2.28. The van der Waals surface area contributed by atoms with Crippen LogP contribution in [0.4, 0.5) is 5.69 Å². The molecule has 0 saturated heterocycles. The van der Waals surface area contributed by atoms with Crippen LogP contribution in [-0.2, 0) is 6.61 Å². The number of ether oxygens (including phenoxy) is 1. The maximum atomic E-state index is 8.98. The number of nitriles is 1. The number of anilines is 1. The predicted octanol–water partition coefficient (Wildman–Crippen LogP) is 3.48. The minimum absolute atomic E-state index is 0.339. The van der Waals surface area contributed by atoms with Crippen molar-refractivity contribution >= 4 is 21.6 Å². The second-order valence-corrected chi connectivity index (χ2v) is 4.60. The lowest BCUT2D eigenvalue weighted by molar-refractivity contribution is 0.304. The molecule has 0 saturated carbocycles. The third-order valence-corrected chi connectivity index (χ3v) is 3.13. The van der Waals surface area contributed by atoms with E-state index in [0.717, 1.165) is 10.0 Å². The molecule has 0 aliphatic rings. The minimum atomic E-state index is 0.339. The zero-order chi connectivity index (χ0) is 13.0. The fourth-order valence-corrected chi connectivity index (χ4v) is 1.90. The number of rotatable bonds is 3. The Hall–Kier alpha value is -1.99. The van der Waals surface area contributed by atoms with E-state index in [9.17, 15) is 0 Å². The van der Waals surface area contributed by atoms with E-state index in [0.29, 0.717) is 23.6 Å². The highest BCUT2D eigenvalue weighted by atomic mass is 79.9. The number of nitrogen functional groups attached to an aromatic ring is 1. The van der Waals surface area contributed by atoms with Gasteiger partial charge in [-0.3, -0.25) is 0 Å². The molecule has 0 bridgehead atoms. The van der Waals surface area contributed by atoms with Gasteiger partial charge in [0.15, 0.2) is 0 Å². The first-order valence-electron chi connectivity index (χ1n) is 5.36. The Kier molecular flexibility index (Phi) is 3.85. The molecule has 3 nitrogen and oxygen atoms in total. The molecule has 0 unspecified atom stereocenters. The molecule has 2 N–H and O–H groups in total. The third kappa shape index (κ3) is 2.82. The zero-order valence-electron chi connectivity index (χ0n) is 9.56. The van der Waals surface area contributed by atoms with Crippen LogP contribution in [0.3, 0.4) is 0 Å². The quantitative estimate of drug-likeness (QED) is 0.883. The number of nitrogens with two attached hydrogens (primary N) is 1. The molecule has 0 fully saturated rings. The SMILES string of the molecule is N#Cc1ccccc1COc1cc(N)ccc1Br. The molecule has 2 aromatic carbocycles. The van der Waals surface area contributed by atoms with Gasteiger partial charge in [-0.05, 0) is 34.1 Å². The summed E-state index contributed by atoms with van der Waals surface area (Å²) >= 11 is 3.39. The maximum absolute atomic E-state index is 8.98. The Morgan fingerprint density at radius 3 is 2.78 bits per heavy atom. The summed E-state index contributed by atoms with van der Waals surface area (Å²) in [5.74, 6) is 0.669. The van der Waals surface area contributed by atoms with Crippen LogP contribution in [0.5, 0.6) is 5.75 Å². The molecular weight excluding hydrogens is 292 g/mol. The van der Waals surface area contributed by atoms with Crippen molar-refractivity contribution in [3.05, 3.63) is 58.1 Å². The van der Waals surface area contributed by atoms with Gasteiger partial charge in [0.2, 0.25) is 0 Å². The molecule has 0 aliphatic carbocycles. The van der Waals surface area contributed by atoms with Crippen LogP contribution in [0, 0.1) is 11.3 Å². The standard InChI is InChI=1S/C14H11BrN2O/c15-13-6-5-12(17)7-14(13)18-9-11-4-2-1-3-10(11)8-16/h1-7H,9,17H2. The molecule has 18 heavy (non-hydrogen) atoms. The average Bonchev–Trinajstić information content (AvgIpc) is 2.40. The fourth-order valence-electron chi connectivity index (χ4n) is 1.54. The van der Waals surface area contributed by atoms with E-state index >= 15 is 0 Å². The highest BCUT2D eigenvalue weighted by Gasteiger charge is 2.05. The van der Waals surface area contributed by atoms with Crippen molar-refractivity contribution in [1.82, 2.24) is 0 Å². The second kappa shape index (κ2) is 5.56. The summed E-state index contributed by atoms with van der Waals surface area (Å²) < 4.78 is 6.51. The van der Waals surface area contributed by atoms with Crippen molar-refractivity contribution < 1.29 is 4.74 Å². The van der Waals surface area contributed by atoms with E-state index in [1.165, 1.54) is 0 Å². The van der Waals surface area contributed by atoms with Crippen molar-refractivity contribution in [2.75, 3.05) is 5.73 Å². The van der Waals surface area contributed by atoms with Crippen LogP contribution >= 0.6 is 15.9 Å². The molecule has 90 valence electrons. The van der Waals surface area contributed by atoms with Gasteiger partial charge in [-0.2, -0.15) is 5.26 Å². The van der Waals surface area contributed by atoms with Crippen LogP contribution in [0.15, 0.2) is 46.9 Å². The second-order valence-electron chi connectivity index (χ2n) is 3.75. The van der Waals surface area contributed by atoms with Gasteiger partial charge in [0.05, 0.1) is 16.1 Å². The Balaban J connectivity index is 2.17. The Morgan fingerprint density at radius 2 is 2.00 bits per heavy atom. The van der Waals surface area contributed by atoms with Crippen molar-refractivity contribution in [2.24, 2.45) is 0 Å². The topological polar surface area (TPSA) is 59.0 Å². The van der Waals surface area contributed by atoms with Gasteiger partial charge in [-0.25, -0.2) is 0 Å². The highest BCUT2D eigenvalue weighted by molar-refractivity contribution is 9.10. The van der Waals surface area contributed by atoms with Crippen molar-refractivity contribution in [3.63, 3.8) is 0 Å². The maximum Gasteiger partial charge on any atom is 0.136 e. The number of halogens is 1. The summed E-state index contributed by atoms with van der Waals surface area (Å²) in [6, 6.07) is 14.9. The Bertz CT molecular complexity index is 605. The van der Waals surface area contributed by atoms with Gasteiger partial charge in [0.1, 0.15) is 12.4 Å². The molecule has 2 rings (SSSR count). The van der Waals surface area contributed by atoms with E-state index in [2.05, 4.69) is 22.0 Å².